The van der Waals surface area contributed by atoms with Crippen LogP contribution in [0.5, 0.6) is 11.5 Å². The van der Waals surface area contributed by atoms with Crippen LogP contribution in [0.4, 0.5) is 13.2 Å². The van der Waals surface area contributed by atoms with Gasteiger partial charge in [-0.3, -0.25) is 9.69 Å². The molecule has 0 amide bonds. The lowest BCUT2D eigenvalue weighted by atomic mass is 9.85. The van der Waals surface area contributed by atoms with E-state index in [0.717, 1.165) is 56.0 Å². The van der Waals surface area contributed by atoms with Crippen molar-refractivity contribution in [2.24, 2.45) is 11.8 Å². The van der Waals surface area contributed by atoms with Crippen molar-refractivity contribution in [1.82, 2.24) is 4.90 Å². The zero-order valence-corrected chi connectivity index (χ0v) is 18.4. The smallest absolute Gasteiger partial charge is 0.416 e. The summed E-state index contributed by atoms with van der Waals surface area (Å²) >= 11 is 0. The van der Waals surface area contributed by atoms with Gasteiger partial charge in [-0.25, -0.2) is 0 Å². The number of benzene rings is 2. The molecule has 1 saturated heterocycles. The molecule has 1 heterocycles. The van der Waals surface area contributed by atoms with Crippen molar-refractivity contribution in [2.45, 2.75) is 38.4 Å². The molecule has 1 aliphatic heterocycles. The van der Waals surface area contributed by atoms with Gasteiger partial charge in [-0.2, -0.15) is 13.2 Å². The molecule has 1 atom stereocenters. The van der Waals surface area contributed by atoms with Crippen LogP contribution in [0.15, 0.2) is 36.4 Å². The number of fused-ring (bicyclic) bond motifs is 1. The lowest BCUT2D eigenvalue weighted by molar-refractivity contribution is -0.137. The third-order valence-corrected chi connectivity index (χ3v) is 6.70. The summed E-state index contributed by atoms with van der Waals surface area (Å²) in [6.45, 7) is 2.18. The van der Waals surface area contributed by atoms with E-state index in [1.807, 2.05) is 6.07 Å². The summed E-state index contributed by atoms with van der Waals surface area (Å²) in [5.74, 6) is 1.81. The van der Waals surface area contributed by atoms with E-state index < -0.39 is 11.7 Å². The Morgan fingerprint density at radius 2 is 1.72 bits per heavy atom. The summed E-state index contributed by atoms with van der Waals surface area (Å²) in [6.07, 6.45) is -0.853. The van der Waals surface area contributed by atoms with E-state index in [0.29, 0.717) is 29.5 Å². The molecular weight excluding hydrogens is 419 g/mol. The fourth-order valence-electron chi connectivity index (χ4n) is 4.97. The average Bonchev–Trinajstić information content (AvgIpc) is 3.08. The number of alkyl halides is 3. The van der Waals surface area contributed by atoms with Crippen molar-refractivity contribution < 1.29 is 27.4 Å². The fraction of sp³-hybridized carbons (Fsp3) is 0.480. The first kappa shape index (κ1) is 22.6. The highest BCUT2D eigenvalue weighted by Crippen LogP contribution is 2.39. The minimum absolute atomic E-state index is 0.0261. The maximum Gasteiger partial charge on any atom is 0.416 e. The molecule has 1 aliphatic carbocycles. The van der Waals surface area contributed by atoms with Gasteiger partial charge in [0.1, 0.15) is 0 Å². The van der Waals surface area contributed by atoms with Gasteiger partial charge in [0.25, 0.3) is 0 Å². The molecule has 7 heteroatoms. The summed E-state index contributed by atoms with van der Waals surface area (Å²) < 4.78 is 49.6. The number of ether oxygens (including phenoxy) is 2. The van der Waals surface area contributed by atoms with Crippen LogP contribution >= 0.6 is 0 Å². The highest BCUT2D eigenvalue weighted by atomic mass is 19.4. The molecule has 0 spiro atoms. The molecule has 0 N–H and O–H groups in total. The number of ketones is 1. The predicted octanol–water partition coefficient (Wildman–Crippen LogP) is 5.38. The molecular formula is C25H28F3NO3. The van der Waals surface area contributed by atoms with E-state index in [2.05, 4.69) is 4.90 Å². The van der Waals surface area contributed by atoms with Crippen LogP contribution in [0.1, 0.15) is 46.3 Å². The fourth-order valence-corrected chi connectivity index (χ4v) is 4.97. The number of nitrogens with zero attached hydrogens (tertiary/aromatic N) is 1. The maximum absolute atomic E-state index is 13.0. The first-order valence-corrected chi connectivity index (χ1v) is 11.0. The van der Waals surface area contributed by atoms with E-state index in [1.165, 1.54) is 12.1 Å². The minimum Gasteiger partial charge on any atom is -0.493 e. The molecule has 0 bridgehead atoms. The Hall–Kier alpha value is -2.54. The number of likely N-dealkylation sites (tertiary alicyclic amines) is 1. The second kappa shape index (κ2) is 9.14. The number of hydrogen-bond acceptors (Lipinski definition) is 4. The van der Waals surface area contributed by atoms with Gasteiger partial charge in [0.05, 0.1) is 19.8 Å². The maximum atomic E-state index is 13.0. The number of halogens is 3. The van der Waals surface area contributed by atoms with Crippen molar-refractivity contribution in [3.63, 3.8) is 0 Å². The largest absolute Gasteiger partial charge is 0.493 e. The first-order chi connectivity index (χ1) is 15.3. The summed E-state index contributed by atoms with van der Waals surface area (Å²) in [5, 5.41) is 0. The average molecular weight is 447 g/mol. The van der Waals surface area contributed by atoms with Crippen LogP contribution < -0.4 is 9.47 Å². The van der Waals surface area contributed by atoms with Gasteiger partial charge in [-0.1, -0.05) is 18.2 Å². The molecule has 2 aromatic rings. The minimum atomic E-state index is -4.32. The van der Waals surface area contributed by atoms with Crippen molar-refractivity contribution in [1.29, 1.82) is 0 Å². The number of rotatable bonds is 6. The van der Waals surface area contributed by atoms with Crippen LogP contribution in [-0.2, 0) is 19.1 Å². The topological polar surface area (TPSA) is 38.8 Å². The number of hydrogen-bond donors (Lipinski definition) is 0. The Morgan fingerprint density at radius 1 is 1.03 bits per heavy atom. The summed E-state index contributed by atoms with van der Waals surface area (Å²) in [6, 6.07) is 9.26. The first-order valence-electron chi connectivity index (χ1n) is 11.0. The van der Waals surface area contributed by atoms with Crippen LogP contribution in [0.2, 0.25) is 0 Å². The molecule has 4 rings (SSSR count). The van der Waals surface area contributed by atoms with E-state index in [1.54, 1.807) is 26.4 Å². The standard InChI is InChI=1S/C25H28F3NO3/c1-31-22-13-18-12-19(24(30)21(18)14-23(22)32-2)10-16-6-8-29(9-7-16)15-17-4-3-5-20(11-17)25(26,27)28/h3-5,11,13-14,16,19H,6-10,12,15H2,1-2H3. The van der Waals surface area contributed by atoms with E-state index >= 15 is 0 Å². The van der Waals surface area contributed by atoms with Crippen LogP contribution in [0, 0.1) is 11.8 Å². The SMILES string of the molecule is COc1cc2c(cc1OC)C(=O)C(CC1CCN(Cc3cccc(C(F)(F)F)c3)CC1)C2. The molecule has 0 saturated carbocycles. The molecule has 1 unspecified atom stereocenters. The van der Waals surface area contributed by atoms with Gasteiger partial charge < -0.3 is 9.47 Å². The normalized spacial score (nSPS) is 19.8. The molecule has 1 fully saturated rings. The van der Waals surface area contributed by atoms with Gasteiger partial charge in [0.2, 0.25) is 0 Å². The van der Waals surface area contributed by atoms with Crippen LogP contribution in [0.3, 0.4) is 0 Å². The second-order valence-corrected chi connectivity index (χ2v) is 8.78. The number of carbonyl (C=O) groups is 1. The molecule has 2 aliphatic rings. The number of methoxy groups -OCH3 is 2. The summed E-state index contributed by atoms with van der Waals surface area (Å²) in [7, 11) is 3.15. The number of Topliss-reactive ketones (excluding diaryl/α,β-unsaturated/α-hetero) is 1. The third-order valence-electron chi connectivity index (χ3n) is 6.70. The molecule has 0 aromatic heterocycles. The third kappa shape index (κ3) is 4.77. The quantitative estimate of drug-likeness (QED) is 0.596. The second-order valence-electron chi connectivity index (χ2n) is 8.78. The molecule has 4 nitrogen and oxygen atoms in total. The highest BCUT2D eigenvalue weighted by molar-refractivity contribution is 6.02. The van der Waals surface area contributed by atoms with Gasteiger partial charge in [0.15, 0.2) is 17.3 Å². The Labute approximate surface area is 186 Å². The Bertz CT molecular complexity index is 981. The zero-order valence-electron chi connectivity index (χ0n) is 18.4. The van der Waals surface area contributed by atoms with Crippen LogP contribution in [0.25, 0.3) is 0 Å². The van der Waals surface area contributed by atoms with Gasteiger partial charge in [-0.05, 0) is 74.0 Å². The van der Waals surface area contributed by atoms with Gasteiger partial charge >= 0.3 is 6.18 Å². The monoisotopic (exact) mass is 447 g/mol. The number of carbonyl (C=O) groups excluding carboxylic acids is 1. The zero-order chi connectivity index (χ0) is 22.9. The summed E-state index contributed by atoms with van der Waals surface area (Å²) in [5.41, 5.74) is 1.83. The van der Waals surface area contributed by atoms with E-state index in [-0.39, 0.29) is 11.7 Å². The Morgan fingerprint density at radius 3 is 2.38 bits per heavy atom. The van der Waals surface area contributed by atoms with Gasteiger partial charge in [-0.15, -0.1) is 0 Å². The van der Waals surface area contributed by atoms with Gasteiger partial charge in [0, 0.05) is 18.0 Å². The molecule has 172 valence electrons. The predicted molar refractivity (Wildman–Crippen MR) is 115 cm³/mol. The lowest BCUT2D eigenvalue weighted by Gasteiger charge is -2.33. The van der Waals surface area contributed by atoms with Crippen molar-refractivity contribution in [3.8, 4) is 11.5 Å². The molecule has 0 radical (unpaired) electrons. The van der Waals surface area contributed by atoms with Crippen molar-refractivity contribution in [3.05, 3.63) is 58.7 Å². The van der Waals surface area contributed by atoms with Crippen molar-refractivity contribution >= 4 is 5.78 Å². The number of piperidine rings is 1. The van der Waals surface area contributed by atoms with Crippen LogP contribution in [-0.4, -0.2) is 38.0 Å². The van der Waals surface area contributed by atoms with E-state index in [9.17, 15) is 18.0 Å². The van der Waals surface area contributed by atoms with E-state index in [4.69, 9.17) is 9.47 Å². The van der Waals surface area contributed by atoms with Crippen molar-refractivity contribution in [2.75, 3.05) is 27.3 Å². The molecule has 2 aromatic carbocycles. The highest BCUT2D eigenvalue weighted by Gasteiger charge is 2.35. The Kier molecular flexibility index (Phi) is 6.47. The molecule has 32 heavy (non-hydrogen) atoms. The Balaban J connectivity index is 1.32. The summed E-state index contributed by atoms with van der Waals surface area (Å²) in [4.78, 5) is 15.2. The lowest BCUT2D eigenvalue weighted by Crippen LogP contribution is -2.34.